The topological polar surface area (TPSA) is 79.3 Å². The zero-order chi connectivity index (χ0) is 18.7. The van der Waals surface area contributed by atoms with E-state index < -0.39 is 23.8 Å². The van der Waals surface area contributed by atoms with Crippen molar-refractivity contribution >= 4 is 11.9 Å². The van der Waals surface area contributed by atoms with Crippen LogP contribution in [0.1, 0.15) is 12.8 Å². The predicted octanol–water partition coefficient (Wildman–Crippen LogP) is 2.42. The van der Waals surface area contributed by atoms with E-state index in [-0.39, 0.29) is 23.2 Å². The number of carbonyl (C=O) groups is 2. The molecule has 0 spiro atoms. The van der Waals surface area contributed by atoms with Crippen LogP contribution in [-0.2, 0) is 14.3 Å². The molecular weight excluding hydrogens is 355 g/mol. The second-order valence-corrected chi connectivity index (χ2v) is 7.05. The number of carbonyl (C=O) groups excluding carboxylic acids is 1. The van der Waals surface area contributed by atoms with Crippen LogP contribution in [0.25, 0.3) is 0 Å². The Morgan fingerprint density at radius 3 is 2.85 bits per heavy atom. The van der Waals surface area contributed by atoms with Crippen molar-refractivity contribution < 1.29 is 28.6 Å². The summed E-state index contributed by atoms with van der Waals surface area (Å²) in [5, 5.41) is 8.82. The third-order valence-corrected chi connectivity index (χ3v) is 5.52. The molecule has 0 aromatic heterocycles. The molecule has 27 heavy (non-hydrogen) atoms. The van der Waals surface area contributed by atoms with Crippen molar-refractivity contribution in [3.05, 3.63) is 58.8 Å². The lowest BCUT2D eigenvalue weighted by Crippen LogP contribution is -2.48. The van der Waals surface area contributed by atoms with Gasteiger partial charge in [0.1, 0.15) is 6.04 Å². The van der Waals surface area contributed by atoms with Crippen LogP contribution in [0.2, 0.25) is 0 Å². The molecule has 140 valence electrons. The molecule has 0 saturated carbocycles. The van der Waals surface area contributed by atoms with Gasteiger partial charge in [0, 0.05) is 31.6 Å². The zero-order valence-electron chi connectivity index (χ0n) is 14.4. The molecule has 2 atom stereocenters. The second kappa shape index (κ2) is 5.73. The van der Waals surface area contributed by atoms with Gasteiger partial charge < -0.3 is 24.4 Å². The second-order valence-electron chi connectivity index (χ2n) is 7.05. The molecule has 0 aromatic rings. The number of ether oxygens (including phenoxy) is 2. The molecule has 5 rings (SSSR count). The molecule has 2 aliphatic carbocycles. The summed E-state index contributed by atoms with van der Waals surface area (Å²) in [6.45, 7) is 2.06. The van der Waals surface area contributed by atoms with Crippen LogP contribution in [0, 0.1) is 5.92 Å². The molecule has 3 aliphatic heterocycles. The largest absolute Gasteiger partial charge is 0.511 e. The van der Waals surface area contributed by atoms with E-state index in [0.29, 0.717) is 17.9 Å². The fourth-order valence-corrected chi connectivity index (χ4v) is 4.36. The standard InChI is InChI=1S/C19H17FN2O5/c20-14-11(21-5-1-2-6-21)8-10-4-3-7-22-12-9-13(26-19(24)25)16(23)17(12)27-18(14)15(10)22/h3-4,8-10,15H,1-2,5-7H2,(H,24,25)/t10?,15-/m0/s1. The van der Waals surface area contributed by atoms with Crippen LogP contribution in [0.5, 0.6) is 0 Å². The molecule has 5 aliphatic rings. The highest BCUT2D eigenvalue weighted by Gasteiger charge is 2.48. The first kappa shape index (κ1) is 16.2. The summed E-state index contributed by atoms with van der Waals surface area (Å²) in [6.07, 6.45) is 7.72. The normalized spacial score (nSPS) is 28.7. The Balaban J connectivity index is 1.57. The molecular formula is C19H17FN2O5. The SMILES string of the molecule is O=C(O)OC1=CC2=C(OC3=C(F)C(N4CCCC4)=CC4C=CCN2[C@H]34)C1=O. The molecule has 0 radical (unpaired) electrons. The molecule has 0 bridgehead atoms. The molecule has 1 saturated heterocycles. The van der Waals surface area contributed by atoms with Crippen LogP contribution in [0.15, 0.2) is 58.8 Å². The van der Waals surface area contributed by atoms with E-state index >= 15 is 4.39 Å². The van der Waals surface area contributed by atoms with E-state index in [4.69, 9.17) is 9.84 Å². The van der Waals surface area contributed by atoms with Crippen LogP contribution in [0.4, 0.5) is 9.18 Å². The molecule has 3 heterocycles. The average molecular weight is 372 g/mol. The van der Waals surface area contributed by atoms with E-state index in [9.17, 15) is 9.59 Å². The molecule has 1 unspecified atom stereocenters. The molecule has 0 amide bonds. The minimum Gasteiger partial charge on any atom is -0.450 e. The number of carboxylic acid groups (broad SMARTS) is 1. The fourth-order valence-electron chi connectivity index (χ4n) is 4.36. The van der Waals surface area contributed by atoms with Crippen molar-refractivity contribution in [2.75, 3.05) is 19.6 Å². The van der Waals surface area contributed by atoms with Gasteiger partial charge in [-0.15, -0.1) is 0 Å². The van der Waals surface area contributed by atoms with Gasteiger partial charge in [-0.05, 0) is 18.9 Å². The van der Waals surface area contributed by atoms with Gasteiger partial charge in [-0.2, -0.15) is 0 Å². The molecule has 1 fully saturated rings. The van der Waals surface area contributed by atoms with Gasteiger partial charge in [0.15, 0.2) is 17.3 Å². The average Bonchev–Trinajstić information content (AvgIpc) is 3.27. The van der Waals surface area contributed by atoms with E-state index in [1.807, 2.05) is 28.0 Å². The van der Waals surface area contributed by atoms with E-state index in [1.54, 1.807) is 0 Å². The summed E-state index contributed by atoms with van der Waals surface area (Å²) >= 11 is 0. The van der Waals surface area contributed by atoms with Gasteiger partial charge in [-0.25, -0.2) is 9.18 Å². The highest BCUT2D eigenvalue weighted by Crippen LogP contribution is 2.46. The first-order chi connectivity index (χ1) is 13.0. The first-order valence-electron chi connectivity index (χ1n) is 8.94. The van der Waals surface area contributed by atoms with Gasteiger partial charge in [0.2, 0.25) is 5.76 Å². The third-order valence-electron chi connectivity index (χ3n) is 5.52. The Hall–Kier alpha value is -3.03. The minimum absolute atomic E-state index is 0.0793. The van der Waals surface area contributed by atoms with Gasteiger partial charge in [0.05, 0.1) is 11.4 Å². The number of fused-ring (bicyclic) bond motifs is 1. The Labute approximate surface area is 154 Å². The van der Waals surface area contributed by atoms with Crippen LogP contribution in [-0.4, -0.2) is 52.5 Å². The number of likely N-dealkylation sites (tertiary alicyclic amines) is 1. The van der Waals surface area contributed by atoms with Gasteiger partial charge >= 0.3 is 6.16 Å². The first-order valence-corrected chi connectivity index (χ1v) is 8.94. The summed E-state index contributed by atoms with van der Waals surface area (Å²) in [5.74, 6) is -1.52. The molecule has 7 nitrogen and oxygen atoms in total. The third kappa shape index (κ3) is 2.32. The highest BCUT2D eigenvalue weighted by molar-refractivity contribution is 6.10. The number of allylic oxidation sites excluding steroid dienone is 2. The summed E-state index contributed by atoms with van der Waals surface area (Å²) in [7, 11) is 0. The van der Waals surface area contributed by atoms with E-state index in [2.05, 4.69) is 4.74 Å². The summed E-state index contributed by atoms with van der Waals surface area (Å²) in [6, 6.07) is -0.395. The number of halogens is 1. The maximum absolute atomic E-state index is 15.4. The quantitative estimate of drug-likeness (QED) is 0.589. The number of nitrogens with zero attached hydrogens (tertiary/aromatic N) is 2. The fraction of sp³-hybridized carbons (Fsp3) is 0.368. The monoisotopic (exact) mass is 372 g/mol. The van der Waals surface area contributed by atoms with Crippen LogP contribution < -0.4 is 0 Å². The predicted molar refractivity (Wildman–Crippen MR) is 90.5 cm³/mol. The number of ketones is 1. The summed E-state index contributed by atoms with van der Waals surface area (Å²) < 4.78 is 25.7. The van der Waals surface area contributed by atoms with Crippen molar-refractivity contribution in [1.29, 1.82) is 0 Å². The molecule has 8 heteroatoms. The van der Waals surface area contributed by atoms with Crippen molar-refractivity contribution in [2.45, 2.75) is 18.9 Å². The van der Waals surface area contributed by atoms with E-state index in [1.165, 1.54) is 6.08 Å². The van der Waals surface area contributed by atoms with Gasteiger partial charge in [0.25, 0.3) is 5.78 Å². The number of rotatable bonds is 2. The van der Waals surface area contributed by atoms with Crippen LogP contribution >= 0.6 is 0 Å². The minimum atomic E-state index is -1.58. The lowest BCUT2D eigenvalue weighted by atomic mass is 9.86. The lowest BCUT2D eigenvalue weighted by Gasteiger charge is -2.45. The molecule has 1 N–H and O–H groups in total. The van der Waals surface area contributed by atoms with Crippen molar-refractivity contribution in [1.82, 2.24) is 9.80 Å². The maximum Gasteiger partial charge on any atom is 0.511 e. The number of Topliss-reactive ketones (excluding diaryl/α,β-unsaturated/α-hetero) is 1. The maximum atomic E-state index is 15.4. The summed E-state index contributed by atoms with van der Waals surface area (Å²) in [5.41, 5.74) is 0.949. The Morgan fingerprint density at radius 2 is 2.11 bits per heavy atom. The number of hydrogen-bond donors (Lipinski definition) is 1. The Morgan fingerprint density at radius 1 is 1.33 bits per heavy atom. The smallest absolute Gasteiger partial charge is 0.450 e. The van der Waals surface area contributed by atoms with Crippen molar-refractivity contribution in [2.24, 2.45) is 5.92 Å². The number of hydrogen-bond acceptors (Lipinski definition) is 6. The van der Waals surface area contributed by atoms with E-state index in [0.717, 1.165) is 25.9 Å². The Bertz CT molecular complexity index is 907. The van der Waals surface area contributed by atoms with Crippen LogP contribution in [0.3, 0.4) is 0 Å². The van der Waals surface area contributed by atoms with Gasteiger partial charge in [-0.3, -0.25) is 4.79 Å². The lowest BCUT2D eigenvalue weighted by molar-refractivity contribution is -0.118. The Kier molecular flexibility index (Phi) is 3.43. The highest BCUT2D eigenvalue weighted by atomic mass is 19.1. The van der Waals surface area contributed by atoms with Crippen molar-refractivity contribution in [3.63, 3.8) is 0 Å². The zero-order valence-corrected chi connectivity index (χ0v) is 14.4. The van der Waals surface area contributed by atoms with Gasteiger partial charge in [-0.1, -0.05) is 12.2 Å². The molecule has 0 aromatic carbocycles. The summed E-state index contributed by atoms with van der Waals surface area (Å²) in [4.78, 5) is 27.2. The van der Waals surface area contributed by atoms with Crippen molar-refractivity contribution in [3.8, 4) is 0 Å².